The molecule has 0 spiro atoms. The van der Waals surface area contributed by atoms with E-state index in [1.54, 1.807) is 0 Å². The number of aliphatic carboxylic acids is 1. The van der Waals surface area contributed by atoms with Crippen molar-refractivity contribution in [2.75, 3.05) is 0 Å². The molecule has 0 saturated heterocycles. The third-order valence-corrected chi connectivity index (χ3v) is 5.57. The maximum atomic E-state index is 13.9. The smallest absolute Gasteiger partial charge is 0.457 e. The van der Waals surface area contributed by atoms with Crippen LogP contribution >= 0.6 is 0 Å². The lowest BCUT2D eigenvalue weighted by Gasteiger charge is -2.47. The number of halogens is 23. The van der Waals surface area contributed by atoms with Crippen LogP contribution in [0.2, 0.25) is 0 Å². The summed E-state index contributed by atoms with van der Waals surface area (Å²) in [5.74, 6) is -73.4. The van der Waals surface area contributed by atoms with Crippen molar-refractivity contribution in [1.29, 1.82) is 0 Å². The van der Waals surface area contributed by atoms with Gasteiger partial charge in [-0.15, -0.1) is 0 Å². The Morgan fingerprint density at radius 1 is 0.545 bits per heavy atom. The molecular formula is C18H11F23O3. The first-order valence-corrected chi connectivity index (χ1v) is 10.1. The van der Waals surface area contributed by atoms with Crippen LogP contribution in [-0.2, 0) is 4.79 Å². The normalized spacial score (nSPS) is 18.2. The van der Waals surface area contributed by atoms with E-state index in [1.165, 1.54) is 0 Å². The summed E-state index contributed by atoms with van der Waals surface area (Å²) in [6.07, 6.45) is -25.2. The highest BCUT2D eigenvalue weighted by Gasteiger charge is 3.00. The van der Waals surface area contributed by atoms with Gasteiger partial charge >= 0.3 is 71.4 Å². The summed E-state index contributed by atoms with van der Waals surface area (Å²) in [5.41, 5.74) is -10.4. The molecular weight excluding hydrogens is 701 g/mol. The Labute approximate surface area is 226 Å². The van der Waals surface area contributed by atoms with Gasteiger partial charge in [-0.3, -0.25) is 0 Å². The highest BCUT2D eigenvalue weighted by atomic mass is 19.4. The number of carbonyl (C=O) groups is 1. The van der Waals surface area contributed by atoms with Crippen molar-refractivity contribution in [3.05, 3.63) is 11.6 Å². The second-order valence-electron chi connectivity index (χ2n) is 8.67. The number of hydrogen-bond acceptors (Lipinski definition) is 2. The third-order valence-electron chi connectivity index (χ3n) is 5.57. The molecule has 0 fully saturated rings. The zero-order chi connectivity index (χ0) is 36.4. The van der Waals surface area contributed by atoms with E-state index in [0.29, 0.717) is 6.92 Å². The van der Waals surface area contributed by atoms with Crippen molar-refractivity contribution in [1.82, 2.24) is 0 Å². The van der Waals surface area contributed by atoms with E-state index in [9.17, 15) is 111 Å². The van der Waals surface area contributed by atoms with E-state index in [-0.39, 0.29) is 6.08 Å². The molecule has 0 aliphatic rings. The fourth-order valence-corrected chi connectivity index (χ4v) is 2.89. The van der Waals surface area contributed by atoms with Gasteiger partial charge < -0.3 is 10.2 Å². The summed E-state index contributed by atoms with van der Waals surface area (Å²) in [6, 6.07) is 0. The van der Waals surface area contributed by atoms with E-state index in [2.05, 4.69) is 0 Å². The fraction of sp³-hybridized carbons (Fsp3) is 0.833. The molecule has 0 saturated carbocycles. The zero-order valence-electron chi connectivity index (χ0n) is 20.1. The van der Waals surface area contributed by atoms with Crippen LogP contribution in [0.25, 0.3) is 0 Å². The lowest BCUT2D eigenvalue weighted by Crippen LogP contribution is -2.80. The van der Waals surface area contributed by atoms with Crippen molar-refractivity contribution >= 4 is 5.97 Å². The topological polar surface area (TPSA) is 57.5 Å². The first-order chi connectivity index (χ1) is 18.7. The van der Waals surface area contributed by atoms with Crippen molar-refractivity contribution in [2.45, 2.75) is 91.3 Å². The number of aliphatic hydroxyl groups is 1. The number of alkyl halides is 23. The van der Waals surface area contributed by atoms with Crippen molar-refractivity contribution in [3.8, 4) is 0 Å². The number of carboxylic acid groups (broad SMARTS) is 1. The summed E-state index contributed by atoms with van der Waals surface area (Å²) in [4.78, 5) is 10.5. The lowest BCUT2D eigenvalue weighted by atomic mass is 9.80. The molecule has 0 rings (SSSR count). The molecule has 0 aliphatic carbocycles. The predicted octanol–water partition coefficient (Wildman–Crippen LogP) is 8.07. The largest absolute Gasteiger partial charge is 0.478 e. The first kappa shape index (κ1) is 41.6. The van der Waals surface area contributed by atoms with Gasteiger partial charge in [0.2, 0.25) is 0 Å². The Bertz CT molecular complexity index is 1080. The molecule has 0 radical (unpaired) electrons. The molecule has 44 heavy (non-hydrogen) atoms. The lowest BCUT2D eigenvalue weighted by molar-refractivity contribution is -0.483. The number of hydrogen-bond donors (Lipinski definition) is 2. The molecule has 0 heterocycles. The second kappa shape index (κ2) is 11.1. The maximum absolute atomic E-state index is 13.9. The molecule has 2 unspecified atom stereocenters. The number of rotatable bonds is 13. The molecule has 2 atom stereocenters. The van der Waals surface area contributed by atoms with Crippen molar-refractivity contribution in [2.24, 2.45) is 0 Å². The highest BCUT2D eigenvalue weighted by molar-refractivity contribution is 5.85. The summed E-state index contributed by atoms with van der Waals surface area (Å²) in [5, 5.41) is 17.7. The van der Waals surface area contributed by atoms with Crippen LogP contribution < -0.4 is 0 Å². The summed E-state index contributed by atoms with van der Waals surface area (Å²) in [6.45, 7) is 0.615. The average molecular weight is 712 g/mol. The Balaban J connectivity index is 7.21. The fourth-order valence-electron chi connectivity index (χ4n) is 2.89. The third kappa shape index (κ3) is 5.70. The average Bonchev–Trinajstić information content (AvgIpc) is 2.78. The maximum Gasteiger partial charge on any atom is 0.457 e. The minimum atomic E-state index is -9.66. The van der Waals surface area contributed by atoms with E-state index < -0.39 is 95.9 Å². The predicted molar refractivity (Wildman–Crippen MR) is 92.2 cm³/mol. The molecule has 262 valence electrons. The van der Waals surface area contributed by atoms with E-state index in [1.807, 2.05) is 0 Å². The summed E-state index contributed by atoms with van der Waals surface area (Å²) >= 11 is 0. The minimum absolute atomic E-state index is 0.172. The van der Waals surface area contributed by atoms with Gasteiger partial charge in [0.25, 0.3) is 0 Å². The van der Waals surface area contributed by atoms with Gasteiger partial charge in [0.05, 0.1) is 6.10 Å². The highest BCUT2D eigenvalue weighted by Crippen LogP contribution is 2.68. The van der Waals surface area contributed by atoms with Gasteiger partial charge in [-0.2, -0.15) is 96.6 Å². The SMILES string of the molecule is CC(=CCC(O)CC(F)(F)C(F)(F)C(F)(F)C(F)(F)C(F)(F)C(F)(F)C(F)(F)C(F)(C(F)(F)F)C(F)(F)C(F)(F)F)C(=O)O. The molecule has 0 aromatic carbocycles. The molecule has 0 aromatic rings. The van der Waals surface area contributed by atoms with Crippen LogP contribution in [0.3, 0.4) is 0 Å². The first-order valence-electron chi connectivity index (χ1n) is 10.1. The monoisotopic (exact) mass is 712 g/mol. The van der Waals surface area contributed by atoms with Crippen LogP contribution in [0.15, 0.2) is 11.6 Å². The molecule has 2 N–H and O–H groups in total. The van der Waals surface area contributed by atoms with Crippen LogP contribution in [0.5, 0.6) is 0 Å². The van der Waals surface area contributed by atoms with Gasteiger partial charge in [-0.05, 0) is 13.3 Å². The quantitative estimate of drug-likeness (QED) is 0.150. The molecule has 0 amide bonds. The molecule has 26 heteroatoms. The molecule has 3 nitrogen and oxygen atoms in total. The van der Waals surface area contributed by atoms with Crippen molar-refractivity contribution in [3.63, 3.8) is 0 Å². The van der Waals surface area contributed by atoms with Crippen LogP contribution in [0.4, 0.5) is 101 Å². The van der Waals surface area contributed by atoms with E-state index in [4.69, 9.17) is 5.11 Å². The van der Waals surface area contributed by atoms with E-state index >= 15 is 0 Å². The molecule has 0 aromatic heterocycles. The Morgan fingerprint density at radius 2 is 0.864 bits per heavy atom. The standard InChI is InChI=1S/C18H11F23O3/c1-5(7(43)44)2-3-6(42)4-8(19,20)10(22,23)13(28,29)15(32,33)16(34,35)14(30,31)11(24,25)9(21,17(36,37)38)12(26,27)18(39,40)41/h2,6,42H,3-4H2,1H3,(H,43,44). The molecule has 0 aliphatic heterocycles. The Hall–Kier alpha value is -2.44. The Kier molecular flexibility index (Phi) is 10.5. The Morgan fingerprint density at radius 3 is 1.16 bits per heavy atom. The van der Waals surface area contributed by atoms with Crippen LogP contribution in [0.1, 0.15) is 19.8 Å². The minimum Gasteiger partial charge on any atom is -0.478 e. The van der Waals surface area contributed by atoms with Crippen LogP contribution in [-0.4, -0.2) is 87.7 Å². The zero-order valence-corrected chi connectivity index (χ0v) is 20.1. The molecule has 0 bridgehead atoms. The number of aliphatic hydroxyl groups excluding tert-OH is 1. The van der Waals surface area contributed by atoms with Crippen LogP contribution in [0, 0.1) is 0 Å². The summed E-state index contributed by atoms with van der Waals surface area (Å²) < 4.78 is 309. The second-order valence-corrected chi connectivity index (χ2v) is 8.67. The van der Waals surface area contributed by atoms with E-state index in [0.717, 1.165) is 0 Å². The van der Waals surface area contributed by atoms with Gasteiger partial charge in [0.1, 0.15) is 0 Å². The van der Waals surface area contributed by atoms with Gasteiger partial charge in [-0.25, -0.2) is 9.18 Å². The van der Waals surface area contributed by atoms with Gasteiger partial charge in [-0.1, -0.05) is 6.08 Å². The van der Waals surface area contributed by atoms with Crippen molar-refractivity contribution < 1.29 is 116 Å². The van der Waals surface area contributed by atoms with Gasteiger partial charge in [0, 0.05) is 12.0 Å². The number of carboxylic acids is 1. The van der Waals surface area contributed by atoms with Gasteiger partial charge in [0.15, 0.2) is 0 Å². The summed E-state index contributed by atoms with van der Waals surface area (Å²) in [7, 11) is 0.